The Labute approximate surface area is 361 Å². The van der Waals surface area contributed by atoms with Crippen LogP contribution in [-0.4, -0.2) is 19.5 Å². The van der Waals surface area contributed by atoms with Gasteiger partial charge in [-0.25, -0.2) is 15.0 Å². The van der Waals surface area contributed by atoms with Crippen LogP contribution in [0.1, 0.15) is 0 Å². The number of hydrogen-bond acceptors (Lipinski definition) is 6. The lowest BCUT2D eigenvalue weighted by Gasteiger charge is -2.14. The average molecular weight is 827 g/mol. The molecule has 0 aliphatic heterocycles. The molecule has 0 N–H and O–H groups in total. The fraction of sp³-hybridized carbons (Fsp3) is 0. The van der Waals surface area contributed by atoms with E-state index in [4.69, 9.17) is 19.4 Å². The van der Waals surface area contributed by atoms with Crippen LogP contribution in [-0.2, 0) is 0 Å². The first-order chi connectivity index (χ1) is 30.7. The van der Waals surface area contributed by atoms with Gasteiger partial charge in [0.25, 0.3) is 0 Å². The number of hydrogen-bond donors (Lipinski definition) is 0. The molecule has 0 saturated heterocycles. The number of fused-ring (bicyclic) bond motifs is 13. The standard InChI is InChI=1S/C55H30N4OS2/c1-2-14-32-30-43-40(29-31(32)13-1)33-15-3-7-21-41(33)59(43)42-28-27-39(52-51(42)36-18-6-10-25-47(36)62-52)55-57-53(37-19-11-23-45-49(37)34-16-4-8-22-44(34)60-45)56-54(58-55)38-20-12-26-48-50(38)35-17-5-9-24-46(35)61-48/h1-30H. The minimum atomic E-state index is 0.603. The second-order valence-electron chi connectivity index (χ2n) is 15.9. The van der Waals surface area contributed by atoms with E-state index in [2.05, 4.69) is 162 Å². The third-order valence-electron chi connectivity index (χ3n) is 12.4. The molecule has 14 rings (SSSR count). The van der Waals surface area contributed by atoms with E-state index in [-0.39, 0.29) is 0 Å². The van der Waals surface area contributed by atoms with Crippen LogP contribution in [0.3, 0.4) is 0 Å². The van der Waals surface area contributed by atoms with Crippen LogP contribution in [0.25, 0.3) is 135 Å². The number of benzene rings is 9. The van der Waals surface area contributed by atoms with Crippen molar-refractivity contribution in [2.45, 2.75) is 0 Å². The molecule has 0 aliphatic carbocycles. The van der Waals surface area contributed by atoms with Crippen molar-refractivity contribution in [2.75, 3.05) is 0 Å². The molecule has 5 heterocycles. The molecule has 0 amide bonds. The lowest BCUT2D eigenvalue weighted by atomic mass is 10.0. The Hall–Kier alpha value is -7.71. The molecular formula is C55H30N4OS2. The van der Waals surface area contributed by atoms with E-state index >= 15 is 0 Å². The Balaban J connectivity index is 1.09. The minimum absolute atomic E-state index is 0.603. The number of nitrogens with zero attached hydrogens (tertiary/aromatic N) is 4. The summed E-state index contributed by atoms with van der Waals surface area (Å²) in [6.07, 6.45) is 0. The quantitative estimate of drug-likeness (QED) is 0.177. The topological polar surface area (TPSA) is 56.7 Å². The summed E-state index contributed by atoms with van der Waals surface area (Å²) in [4.78, 5) is 16.3. The number of aromatic nitrogens is 4. The normalized spacial score (nSPS) is 12.2. The lowest BCUT2D eigenvalue weighted by molar-refractivity contribution is 0.669. The molecular weight excluding hydrogens is 797 g/mol. The van der Waals surface area contributed by atoms with Crippen molar-refractivity contribution in [1.82, 2.24) is 19.5 Å². The van der Waals surface area contributed by atoms with Crippen LogP contribution in [0.5, 0.6) is 0 Å². The molecule has 0 spiro atoms. The molecule has 9 aromatic carbocycles. The number of para-hydroxylation sites is 2. The lowest BCUT2D eigenvalue weighted by Crippen LogP contribution is -2.01. The monoisotopic (exact) mass is 826 g/mol. The van der Waals surface area contributed by atoms with Gasteiger partial charge in [0.2, 0.25) is 0 Å². The largest absolute Gasteiger partial charge is 0.456 e. The molecule has 14 aromatic rings. The van der Waals surface area contributed by atoms with Crippen LogP contribution in [0, 0.1) is 0 Å². The summed E-state index contributed by atoms with van der Waals surface area (Å²) < 4.78 is 13.6. The van der Waals surface area contributed by atoms with E-state index in [9.17, 15) is 0 Å². The van der Waals surface area contributed by atoms with Crippen molar-refractivity contribution >= 4 is 118 Å². The van der Waals surface area contributed by atoms with E-state index < -0.39 is 0 Å². The Morgan fingerprint density at radius 3 is 1.76 bits per heavy atom. The minimum Gasteiger partial charge on any atom is -0.456 e. The molecule has 62 heavy (non-hydrogen) atoms. The van der Waals surface area contributed by atoms with Crippen LogP contribution in [0.15, 0.2) is 186 Å². The van der Waals surface area contributed by atoms with Crippen molar-refractivity contribution in [2.24, 2.45) is 0 Å². The van der Waals surface area contributed by atoms with Crippen molar-refractivity contribution in [3.8, 4) is 39.9 Å². The molecule has 0 saturated carbocycles. The maximum absolute atomic E-state index is 6.39. The van der Waals surface area contributed by atoms with Gasteiger partial charge < -0.3 is 8.98 Å². The van der Waals surface area contributed by atoms with Crippen molar-refractivity contribution in [3.05, 3.63) is 182 Å². The SMILES string of the molecule is c1ccc2cc3c(cc2c1)c1ccccc1n3-c1ccc(-c2nc(-c3cccc4oc5ccccc5c34)nc(-c3cccc4sc5ccccc5c34)n2)c2sc3ccccc3c12. The van der Waals surface area contributed by atoms with Gasteiger partial charge in [-0.05, 0) is 71.4 Å². The Bertz CT molecular complexity index is 4060. The summed E-state index contributed by atoms with van der Waals surface area (Å²) in [6, 6.07) is 64.8. The summed E-state index contributed by atoms with van der Waals surface area (Å²) in [6.45, 7) is 0. The van der Waals surface area contributed by atoms with Gasteiger partial charge in [-0.15, -0.1) is 22.7 Å². The predicted octanol–water partition coefficient (Wildman–Crippen LogP) is 15.8. The van der Waals surface area contributed by atoms with Gasteiger partial charge >= 0.3 is 0 Å². The molecule has 0 bridgehead atoms. The van der Waals surface area contributed by atoms with Gasteiger partial charge in [-0.3, -0.25) is 0 Å². The highest BCUT2D eigenvalue weighted by Gasteiger charge is 2.24. The van der Waals surface area contributed by atoms with Crippen molar-refractivity contribution in [3.63, 3.8) is 0 Å². The van der Waals surface area contributed by atoms with Gasteiger partial charge in [0.15, 0.2) is 17.5 Å². The first-order valence-corrected chi connectivity index (χ1v) is 22.3. The summed E-state index contributed by atoms with van der Waals surface area (Å²) in [7, 11) is 0. The van der Waals surface area contributed by atoms with Gasteiger partial charge in [0.05, 0.1) is 16.7 Å². The Kier molecular flexibility index (Phi) is 7.08. The first kappa shape index (κ1) is 34.0. The van der Waals surface area contributed by atoms with Gasteiger partial charge in [0, 0.05) is 78.6 Å². The Morgan fingerprint density at radius 2 is 0.952 bits per heavy atom. The maximum atomic E-state index is 6.39. The third-order valence-corrected chi connectivity index (χ3v) is 14.8. The fourth-order valence-electron chi connectivity index (χ4n) is 9.75. The maximum Gasteiger partial charge on any atom is 0.165 e. The van der Waals surface area contributed by atoms with E-state index in [0.29, 0.717) is 17.5 Å². The molecule has 0 fully saturated rings. The van der Waals surface area contributed by atoms with Crippen LogP contribution < -0.4 is 0 Å². The van der Waals surface area contributed by atoms with Crippen molar-refractivity contribution in [1.29, 1.82) is 0 Å². The third kappa shape index (κ3) is 4.86. The zero-order valence-corrected chi connectivity index (χ0v) is 34.5. The van der Waals surface area contributed by atoms with Gasteiger partial charge in [-0.2, -0.15) is 0 Å². The molecule has 0 atom stereocenters. The first-order valence-electron chi connectivity index (χ1n) is 20.7. The van der Waals surface area contributed by atoms with E-state index in [1.165, 1.54) is 62.8 Å². The highest BCUT2D eigenvalue weighted by Crippen LogP contribution is 2.46. The summed E-state index contributed by atoms with van der Waals surface area (Å²) >= 11 is 3.59. The summed E-state index contributed by atoms with van der Waals surface area (Å²) in [5, 5.41) is 11.7. The van der Waals surface area contributed by atoms with E-state index in [1.807, 2.05) is 24.3 Å². The van der Waals surface area contributed by atoms with Crippen LogP contribution in [0.2, 0.25) is 0 Å². The number of thiophene rings is 2. The summed E-state index contributed by atoms with van der Waals surface area (Å²) in [5.74, 6) is 1.87. The highest BCUT2D eigenvalue weighted by atomic mass is 32.1. The molecule has 0 radical (unpaired) electrons. The predicted molar refractivity (Wildman–Crippen MR) is 261 cm³/mol. The van der Waals surface area contributed by atoms with Crippen LogP contribution >= 0.6 is 22.7 Å². The molecule has 0 aliphatic rings. The van der Waals surface area contributed by atoms with E-state index in [1.54, 1.807) is 22.7 Å². The molecule has 7 heteroatoms. The molecule has 288 valence electrons. The Morgan fingerprint density at radius 1 is 0.371 bits per heavy atom. The second kappa shape index (κ2) is 12.9. The summed E-state index contributed by atoms with van der Waals surface area (Å²) in [5.41, 5.74) is 7.96. The van der Waals surface area contributed by atoms with E-state index in [0.717, 1.165) is 54.4 Å². The second-order valence-corrected chi connectivity index (χ2v) is 18.0. The zero-order valence-electron chi connectivity index (χ0n) is 32.8. The fourth-order valence-corrected chi connectivity index (χ4v) is 12.1. The number of rotatable bonds is 4. The zero-order chi connectivity index (χ0) is 40.5. The van der Waals surface area contributed by atoms with Crippen LogP contribution in [0.4, 0.5) is 0 Å². The smallest absolute Gasteiger partial charge is 0.165 e. The van der Waals surface area contributed by atoms with Crippen molar-refractivity contribution < 1.29 is 4.42 Å². The molecule has 5 nitrogen and oxygen atoms in total. The molecule has 5 aromatic heterocycles. The van der Waals surface area contributed by atoms with Gasteiger partial charge in [0.1, 0.15) is 11.2 Å². The van der Waals surface area contributed by atoms with Gasteiger partial charge in [-0.1, -0.05) is 121 Å². The molecule has 0 unspecified atom stereocenters. The number of furan rings is 1. The highest BCUT2D eigenvalue weighted by molar-refractivity contribution is 7.26. The average Bonchev–Trinajstić information content (AvgIpc) is 4.09.